The SMILES string of the molecule is O=C(NCCSCc1cccc(Cl)c1)[C@H]1CN(S(=O)(=O)c2ccccc2)CCN1S(=O)(=O)c1ccccc1. The van der Waals surface area contributed by atoms with Gasteiger partial charge in [-0.1, -0.05) is 60.1 Å². The zero-order chi connectivity index (χ0) is 27.2. The van der Waals surface area contributed by atoms with Crippen LogP contribution in [0.5, 0.6) is 0 Å². The van der Waals surface area contributed by atoms with Crippen LogP contribution in [0.4, 0.5) is 0 Å². The Bertz CT molecular complexity index is 1460. The van der Waals surface area contributed by atoms with Crippen molar-refractivity contribution in [3.8, 4) is 0 Å². The van der Waals surface area contributed by atoms with Crippen LogP contribution >= 0.6 is 23.4 Å². The summed E-state index contributed by atoms with van der Waals surface area (Å²) in [5.74, 6) is 0.751. The topological polar surface area (TPSA) is 104 Å². The van der Waals surface area contributed by atoms with Crippen molar-refractivity contribution in [1.29, 1.82) is 0 Å². The van der Waals surface area contributed by atoms with Gasteiger partial charge in [-0.15, -0.1) is 0 Å². The van der Waals surface area contributed by atoms with E-state index in [4.69, 9.17) is 11.6 Å². The van der Waals surface area contributed by atoms with Crippen molar-refractivity contribution in [2.24, 2.45) is 0 Å². The molecule has 1 N–H and O–H groups in total. The Balaban J connectivity index is 1.48. The fourth-order valence-electron chi connectivity index (χ4n) is 4.11. The van der Waals surface area contributed by atoms with Gasteiger partial charge >= 0.3 is 0 Å². The smallest absolute Gasteiger partial charge is 0.243 e. The van der Waals surface area contributed by atoms with Crippen molar-refractivity contribution in [2.45, 2.75) is 21.6 Å². The molecular formula is C26H28ClN3O5S3. The first-order valence-electron chi connectivity index (χ1n) is 11.9. The molecule has 0 radical (unpaired) electrons. The van der Waals surface area contributed by atoms with Gasteiger partial charge in [-0.3, -0.25) is 4.79 Å². The van der Waals surface area contributed by atoms with Crippen molar-refractivity contribution >= 4 is 49.3 Å². The number of hydrogen-bond donors (Lipinski definition) is 1. The summed E-state index contributed by atoms with van der Waals surface area (Å²) in [7, 11) is -7.94. The first-order chi connectivity index (χ1) is 18.2. The number of carbonyl (C=O) groups excluding carboxylic acids is 1. The van der Waals surface area contributed by atoms with Gasteiger partial charge < -0.3 is 5.32 Å². The normalized spacial score (nSPS) is 17.2. The third kappa shape index (κ3) is 6.77. The number of nitrogens with zero attached hydrogens (tertiary/aromatic N) is 2. The lowest BCUT2D eigenvalue weighted by Crippen LogP contribution is -2.61. The maximum atomic E-state index is 13.5. The van der Waals surface area contributed by atoms with E-state index in [1.54, 1.807) is 54.2 Å². The van der Waals surface area contributed by atoms with E-state index < -0.39 is 32.0 Å². The van der Waals surface area contributed by atoms with E-state index in [0.717, 1.165) is 9.87 Å². The number of benzene rings is 3. The van der Waals surface area contributed by atoms with E-state index >= 15 is 0 Å². The summed E-state index contributed by atoms with van der Waals surface area (Å²) in [6.07, 6.45) is 0. The second kappa shape index (κ2) is 12.6. The van der Waals surface area contributed by atoms with Gasteiger partial charge in [0.25, 0.3) is 0 Å². The first kappa shape index (κ1) is 28.6. The van der Waals surface area contributed by atoms with Gasteiger partial charge in [-0.05, 0) is 42.0 Å². The predicted molar refractivity (Wildman–Crippen MR) is 150 cm³/mol. The highest BCUT2D eigenvalue weighted by molar-refractivity contribution is 7.98. The fraction of sp³-hybridized carbons (Fsp3) is 0.269. The lowest BCUT2D eigenvalue weighted by molar-refractivity contribution is -0.125. The van der Waals surface area contributed by atoms with Gasteiger partial charge in [-0.25, -0.2) is 16.8 Å². The van der Waals surface area contributed by atoms with Crippen molar-refractivity contribution < 1.29 is 21.6 Å². The number of halogens is 1. The number of sulfonamides is 2. The summed E-state index contributed by atoms with van der Waals surface area (Å²) in [5.41, 5.74) is 1.06. The number of rotatable bonds is 10. The summed E-state index contributed by atoms with van der Waals surface area (Å²) in [4.78, 5) is 13.5. The third-order valence-corrected chi connectivity index (χ3v) is 11.1. The summed E-state index contributed by atoms with van der Waals surface area (Å²) >= 11 is 7.62. The van der Waals surface area contributed by atoms with E-state index in [-0.39, 0.29) is 29.4 Å². The van der Waals surface area contributed by atoms with Crippen LogP contribution in [0.3, 0.4) is 0 Å². The van der Waals surface area contributed by atoms with Crippen LogP contribution in [0.25, 0.3) is 0 Å². The fourth-order valence-corrected chi connectivity index (χ4v) is 8.18. The van der Waals surface area contributed by atoms with Gasteiger partial charge in [-0.2, -0.15) is 20.4 Å². The summed E-state index contributed by atoms with van der Waals surface area (Å²) < 4.78 is 55.7. The highest BCUT2D eigenvalue weighted by Crippen LogP contribution is 2.25. The molecule has 3 aromatic rings. The summed E-state index contributed by atoms with van der Waals surface area (Å²) in [5, 5.41) is 3.46. The van der Waals surface area contributed by atoms with Crippen LogP contribution < -0.4 is 5.32 Å². The van der Waals surface area contributed by atoms with Crippen LogP contribution in [0, 0.1) is 0 Å². The molecule has 0 aromatic heterocycles. The van der Waals surface area contributed by atoms with Gasteiger partial charge in [0.15, 0.2) is 0 Å². The van der Waals surface area contributed by atoms with Gasteiger partial charge in [0.2, 0.25) is 26.0 Å². The maximum absolute atomic E-state index is 13.5. The second-order valence-electron chi connectivity index (χ2n) is 8.59. The minimum atomic E-state index is -4.03. The highest BCUT2D eigenvalue weighted by atomic mass is 35.5. The Hall–Kier alpha value is -2.41. The number of carbonyl (C=O) groups is 1. The monoisotopic (exact) mass is 593 g/mol. The number of amides is 1. The summed E-state index contributed by atoms with van der Waals surface area (Å²) in [6.45, 7) is -0.205. The zero-order valence-electron chi connectivity index (χ0n) is 20.4. The molecule has 1 amide bonds. The molecule has 1 atom stereocenters. The standard InChI is InChI=1S/C26H28ClN3O5S3/c27-22-9-7-8-21(18-22)20-36-17-14-28-26(31)25-19-29(37(32,33)23-10-3-1-4-11-23)15-16-30(25)38(34,35)24-12-5-2-6-13-24/h1-13,18,25H,14-17,19-20H2,(H,28,31)/t25-/m1/s1. The maximum Gasteiger partial charge on any atom is 0.243 e. The van der Waals surface area contributed by atoms with Gasteiger partial charge in [0.05, 0.1) is 9.79 Å². The Morgan fingerprint density at radius 2 is 1.50 bits per heavy atom. The molecule has 0 spiro atoms. The number of hydrogen-bond acceptors (Lipinski definition) is 6. The van der Waals surface area contributed by atoms with Crippen molar-refractivity contribution in [3.63, 3.8) is 0 Å². The van der Waals surface area contributed by atoms with E-state index in [0.29, 0.717) is 23.1 Å². The molecule has 0 saturated carbocycles. The van der Waals surface area contributed by atoms with Crippen molar-refractivity contribution in [1.82, 2.24) is 13.9 Å². The highest BCUT2D eigenvalue weighted by Gasteiger charge is 2.43. The lowest BCUT2D eigenvalue weighted by atomic mass is 10.2. The van der Waals surface area contributed by atoms with E-state index in [1.807, 2.05) is 18.2 Å². The molecule has 1 aliphatic rings. The van der Waals surface area contributed by atoms with Gasteiger partial charge in [0.1, 0.15) is 6.04 Å². The molecular weight excluding hydrogens is 566 g/mol. The average Bonchev–Trinajstić information content (AvgIpc) is 2.93. The molecule has 4 rings (SSSR count). The lowest BCUT2D eigenvalue weighted by Gasteiger charge is -2.38. The zero-order valence-corrected chi connectivity index (χ0v) is 23.6. The molecule has 38 heavy (non-hydrogen) atoms. The van der Waals surface area contributed by atoms with E-state index in [2.05, 4.69) is 5.32 Å². The number of nitrogens with one attached hydrogen (secondary N) is 1. The average molecular weight is 594 g/mol. The molecule has 1 fully saturated rings. The Morgan fingerprint density at radius 1 is 0.868 bits per heavy atom. The molecule has 1 aliphatic heterocycles. The van der Waals surface area contributed by atoms with Crippen LogP contribution in [-0.2, 0) is 30.6 Å². The van der Waals surface area contributed by atoms with Gasteiger partial charge in [0, 0.05) is 42.7 Å². The molecule has 1 saturated heterocycles. The molecule has 0 aliphatic carbocycles. The molecule has 1 heterocycles. The Morgan fingerprint density at radius 3 is 2.13 bits per heavy atom. The first-order valence-corrected chi connectivity index (χ1v) is 16.3. The minimum Gasteiger partial charge on any atom is -0.354 e. The largest absolute Gasteiger partial charge is 0.354 e. The Labute approximate surface area is 233 Å². The number of thioether (sulfide) groups is 1. The van der Waals surface area contributed by atoms with E-state index in [9.17, 15) is 21.6 Å². The van der Waals surface area contributed by atoms with Crippen LogP contribution in [-0.4, -0.2) is 69.3 Å². The van der Waals surface area contributed by atoms with Crippen molar-refractivity contribution in [3.05, 3.63) is 95.5 Å². The second-order valence-corrected chi connectivity index (χ2v) is 14.0. The quantitative estimate of drug-likeness (QED) is 0.361. The molecule has 202 valence electrons. The van der Waals surface area contributed by atoms with Crippen LogP contribution in [0.1, 0.15) is 5.56 Å². The van der Waals surface area contributed by atoms with Crippen LogP contribution in [0.15, 0.2) is 94.7 Å². The molecule has 12 heteroatoms. The predicted octanol–water partition coefficient (Wildman–Crippen LogP) is 3.45. The third-order valence-electron chi connectivity index (χ3n) is 6.03. The van der Waals surface area contributed by atoms with Crippen LogP contribution in [0.2, 0.25) is 5.02 Å². The molecule has 3 aromatic carbocycles. The molecule has 0 bridgehead atoms. The molecule has 0 unspecified atom stereocenters. The molecule has 8 nitrogen and oxygen atoms in total. The van der Waals surface area contributed by atoms with E-state index in [1.165, 1.54) is 28.6 Å². The number of piperazine rings is 1. The van der Waals surface area contributed by atoms with Crippen molar-refractivity contribution in [2.75, 3.05) is 31.9 Å². The minimum absolute atomic E-state index is 0.0502. The Kier molecular flexibility index (Phi) is 9.50. The summed E-state index contributed by atoms with van der Waals surface area (Å²) in [6, 6.07) is 22.1.